The highest BCUT2D eigenvalue weighted by atomic mass is 32.2. The molecule has 0 saturated carbocycles. The van der Waals surface area contributed by atoms with Gasteiger partial charge in [0.15, 0.2) is 0 Å². The molecule has 1 aliphatic rings. The van der Waals surface area contributed by atoms with E-state index in [0.717, 1.165) is 0 Å². The average Bonchev–Trinajstić information content (AvgIpc) is 2.70. The van der Waals surface area contributed by atoms with E-state index in [2.05, 4.69) is 4.72 Å². The number of hydrogen-bond donors (Lipinski definition) is 1. The van der Waals surface area contributed by atoms with E-state index in [1.165, 1.54) is 24.3 Å². The van der Waals surface area contributed by atoms with Gasteiger partial charge in [0.2, 0.25) is 15.3 Å². The van der Waals surface area contributed by atoms with Gasteiger partial charge in [-0.25, -0.2) is 26.5 Å². The highest BCUT2D eigenvalue weighted by Crippen LogP contribution is 2.30. The van der Waals surface area contributed by atoms with Crippen LogP contribution in [-0.2, 0) is 25.6 Å². The van der Waals surface area contributed by atoms with Crippen LogP contribution >= 0.6 is 0 Å². The second-order valence-corrected chi connectivity index (χ2v) is 14.0. The third-order valence-electron chi connectivity index (χ3n) is 5.15. The lowest BCUT2D eigenvalue weighted by Crippen LogP contribution is -2.53. The van der Waals surface area contributed by atoms with Crippen molar-refractivity contribution in [2.75, 3.05) is 13.1 Å². The zero-order valence-corrected chi connectivity index (χ0v) is 21.3. The lowest BCUT2D eigenvalue weighted by Gasteiger charge is -2.38. The number of amides is 1. The van der Waals surface area contributed by atoms with E-state index >= 15 is 4.39 Å². The van der Waals surface area contributed by atoms with Gasteiger partial charge in [0.05, 0.1) is 26.7 Å². The fraction of sp³-hybridized carbons (Fsp3) is 0.682. The number of carbonyl (C=O) groups excluding carboxylic acids is 1. The number of hydrogen-bond acceptors (Lipinski definition) is 5. The van der Waals surface area contributed by atoms with Crippen molar-refractivity contribution < 1.29 is 26.5 Å². The summed E-state index contributed by atoms with van der Waals surface area (Å²) in [6.07, 6.45) is 0.277. The molecule has 10 heteroatoms. The molecule has 1 amide bonds. The maximum atomic E-state index is 15.7. The fourth-order valence-corrected chi connectivity index (χ4v) is 5.84. The van der Waals surface area contributed by atoms with Gasteiger partial charge < -0.3 is 9.64 Å². The summed E-state index contributed by atoms with van der Waals surface area (Å²) in [5.41, 5.74) is -2.91. The lowest BCUT2D eigenvalue weighted by molar-refractivity contribution is 0.0165. The third-order valence-corrected chi connectivity index (χ3v) is 8.56. The molecule has 32 heavy (non-hydrogen) atoms. The number of alkyl halides is 1. The molecule has 1 fully saturated rings. The number of halogens is 1. The Kier molecular flexibility index (Phi) is 8.50. The first-order chi connectivity index (χ1) is 14.6. The van der Waals surface area contributed by atoms with Gasteiger partial charge in [-0.1, -0.05) is 18.2 Å². The Morgan fingerprint density at radius 1 is 1.12 bits per heavy atom. The topological polar surface area (TPSA) is 92.8 Å². The summed E-state index contributed by atoms with van der Waals surface area (Å²) in [6.45, 7) is 11.1. The Morgan fingerprint density at radius 3 is 2.12 bits per heavy atom. The molecule has 1 aromatic carbocycles. The van der Waals surface area contributed by atoms with Crippen LogP contribution in [-0.4, -0.2) is 58.6 Å². The Labute approximate surface area is 193 Å². The highest BCUT2D eigenvalue weighted by molar-refractivity contribution is 7.92. The SMILES string of the molecule is CC(C)(C)OC(=O)N1CCC([C@@H](NS(=O)C(C)(C)C)C(F)S(=O)(=O)c2ccccc2)CC1. The molecule has 0 radical (unpaired) electrons. The molecule has 182 valence electrons. The van der Waals surface area contributed by atoms with Gasteiger partial charge in [0.25, 0.3) is 0 Å². The zero-order chi connectivity index (χ0) is 24.3. The summed E-state index contributed by atoms with van der Waals surface area (Å²) in [5, 5.41) is 0. The molecule has 0 aliphatic carbocycles. The van der Waals surface area contributed by atoms with E-state index in [1.807, 2.05) is 0 Å². The number of piperidine rings is 1. The van der Waals surface area contributed by atoms with Crippen molar-refractivity contribution in [2.24, 2.45) is 5.92 Å². The van der Waals surface area contributed by atoms with Crippen molar-refractivity contribution in [3.63, 3.8) is 0 Å². The van der Waals surface area contributed by atoms with Crippen LogP contribution in [0.1, 0.15) is 54.4 Å². The maximum absolute atomic E-state index is 15.7. The van der Waals surface area contributed by atoms with Crippen LogP contribution in [0.25, 0.3) is 0 Å². The van der Waals surface area contributed by atoms with E-state index in [4.69, 9.17) is 4.74 Å². The number of benzene rings is 1. The van der Waals surface area contributed by atoms with E-state index in [1.54, 1.807) is 52.5 Å². The summed E-state index contributed by atoms with van der Waals surface area (Å²) in [5.74, 6) is -0.423. The molecule has 1 aromatic rings. The fourth-order valence-electron chi connectivity index (χ4n) is 3.36. The third kappa shape index (κ3) is 6.99. The van der Waals surface area contributed by atoms with Gasteiger partial charge in [0.1, 0.15) is 5.60 Å². The van der Waals surface area contributed by atoms with Crippen LogP contribution in [0, 0.1) is 5.92 Å². The van der Waals surface area contributed by atoms with Gasteiger partial charge in [-0.3, -0.25) is 0 Å². The second kappa shape index (κ2) is 10.2. The molecular formula is C22H35FN2O5S2. The maximum Gasteiger partial charge on any atom is 0.410 e. The molecule has 0 bridgehead atoms. The average molecular weight is 491 g/mol. The minimum absolute atomic E-state index is 0.118. The number of nitrogens with zero attached hydrogens (tertiary/aromatic N) is 1. The molecule has 7 nitrogen and oxygen atoms in total. The van der Waals surface area contributed by atoms with Crippen LogP contribution in [0.15, 0.2) is 35.2 Å². The molecule has 2 rings (SSSR count). The molecule has 0 aromatic heterocycles. The standard InChI is InChI=1S/C22H35FN2O5S2/c1-21(2,3)30-20(26)25-14-12-16(13-15-25)18(24-31(27)22(4,5)6)19(23)32(28,29)17-10-8-7-9-11-17/h7-11,16,18-19,24H,12-15H2,1-6H3/t18-,19?,31?/m1/s1. The van der Waals surface area contributed by atoms with Crippen molar-refractivity contribution in [2.45, 2.75) is 81.2 Å². The molecule has 1 aliphatic heterocycles. The number of ether oxygens (including phenoxy) is 1. The monoisotopic (exact) mass is 490 g/mol. The molecule has 1 heterocycles. The van der Waals surface area contributed by atoms with Crippen molar-refractivity contribution in [3.05, 3.63) is 30.3 Å². The Morgan fingerprint density at radius 2 is 1.66 bits per heavy atom. The molecule has 1 saturated heterocycles. The van der Waals surface area contributed by atoms with Crippen molar-refractivity contribution in [1.82, 2.24) is 9.62 Å². The van der Waals surface area contributed by atoms with Crippen LogP contribution in [0.2, 0.25) is 0 Å². The molecular weight excluding hydrogens is 455 g/mol. The van der Waals surface area contributed by atoms with Crippen LogP contribution in [0.5, 0.6) is 0 Å². The number of nitrogens with one attached hydrogen (secondary N) is 1. The summed E-state index contributed by atoms with van der Waals surface area (Å²) >= 11 is 0. The summed E-state index contributed by atoms with van der Waals surface area (Å²) < 4.78 is 61.8. The van der Waals surface area contributed by atoms with Crippen molar-refractivity contribution in [1.29, 1.82) is 0 Å². The first-order valence-electron chi connectivity index (χ1n) is 10.7. The van der Waals surface area contributed by atoms with E-state index < -0.39 is 54.7 Å². The minimum Gasteiger partial charge on any atom is -0.444 e. The minimum atomic E-state index is -4.30. The number of sulfone groups is 1. The Balaban J connectivity index is 2.23. The predicted octanol–water partition coefficient (Wildman–Crippen LogP) is 3.82. The first kappa shape index (κ1) is 26.7. The highest BCUT2D eigenvalue weighted by Gasteiger charge is 2.43. The van der Waals surface area contributed by atoms with Crippen LogP contribution in [0.4, 0.5) is 9.18 Å². The smallest absolute Gasteiger partial charge is 0.410 e. The van der Waals surface area contributed by atoms with Gasteiger partial charge in [-0.2, -0.15) is 0 Å². The molecule has 3 atom stereocenters. The molecule has 2 unspecified atom stereocenters. The van der Waals surface area contributed by atoms with E-state index in [9.17, 15) is 17.4 Å². The molecule has 1 N–H and O–H groups in total. The lowest BCUT2D eigenvalue weighted by atomic mass is 9.90. The van der Waals surface area contributed by atoms with Crippen LogP contribution < -0.4 is 4.72 Å². The summed E-state index contributed by atoms with van der Waals surface area (Å²) in [4.78, 5) is 13.8. The van der Waals surface area contributed by atoms with Crippen molar-refractivity contribution >= 4 is 26.9 Å². The Hall–Kier alpha value is -1.52. The van der Waals surface area contributed by atoms with E-state index in [0.29, 0.717) is 25.9 Å². The largest absolute Gasteiger partial charge is 0.444 e. The van der Waals surface area contributed by atoms with Gasteiger partial charge in [-0.05, 0) is 72.4 Å². The normalized spacial score (nSPS) is 19.3. The number of carbonyl (C=O) groups is 1. The second-order valence-electron chi connectivity index (χ2n) is 10.0. The number of likely N-dealkylation sites (tertiary alicyclic amines) is 1. The zero-order valence-electron chi connectivity index (χ0n) is 19.6. The van der Waals surface area contributed by atoms with Gasteiger partial charge in [0, 0.05) is 13.1 Å². The predicted molar refractivity (Wildman–Crippen MR) is 124 cm³/mol. The Bertz CT molecular complexity index is 902. The summed E-state index contributed by atoms with van der Waals surface area (Å²) in [6, 6.07) is 6.25. The quantitative estimate of drug-likeness (QED) is 0.654. The van der Waals surface area contributed by atoms with Gasteiger partial charge in [-0.15, -0.1) is 0 Å². The van der Waals surface area contributed by atoms with Crippen LogP contribution in [0.3, 0.4) is 0 Å². The first-order valence-corrected chi connectivity index (χ1v) is 13.4. The van der Waals surface area contributed by atoms with E-state index in [-0.39, 0.29) is 4.90 Å². The summed E-state index contributed by atoms with van der Waals surface area (Å²) in [7, 11) is -5.97. The van der Waals surface area contributed by atoms with Gasteiger partial charge >= 0.3 is 6.09 Å². The van der Waals surface area contributed by atoms with Crippen molar-refractivity contribution in [3.8, 4) is 0 Å². The molecule has 0 spiro atoms. The number of rotatable bonds is 6.